The molecule has 0 saturated heterocycles. The van der Waals surface area contributed by atoms with E-state index in [0.29, 0.717) is 24.4 Å². The number of aromatic nitrogens is 2. The molecule has 2 aromatic heterocycles. The quantitative estimate of drug-likeness (QED) is 0.766. The normalized spacial score (nSPS) is 14.9. The molecule has 0 aliphatic heterocycles. The number of carbonyl (C=O) groups is 1. The largest absolute Gasteiger partial charge is 0.421 e. The lowest BCUT2D eigenvalue weighted by Crippen LogP contribution is -2.30. The Labute approximate surface area is 133 Å². The van der Waals surface area contributed by atoms with Crippen LogP contribution in [0.2, 0.25) is 0 Å². The standard InChI is InChI=1S/C16H19N3O2S/c1-11(2)16-18-17-14(21-16)7-8-15(20)19(12-5-6-12)10-13-4-3-9-22-13/h3-4,7-9,11-12H,5-6,10H2,1-2H3. The Morgan fingerprint density at radius 3 is 2.91 bits per heavy atom. The molecule has 6 heteroatoms. The summed E-state index contributed by atoms with van der Waals surface area (Å²) in [6, 6.07) is 4.44. The Morgan fingerprint density at radius 1 is 1.50 bits per heavy atom. The molecule has 1 aliphatic carbocycles. The van der Waals surface area contributed by atoms with Crippen LogP contribution in [0, 0.1) is 0 Å². The Hall–Kier alpha value is -1.95. The Morgan fingerprint density at radius 2 is 2.32 bits per heavy atom. The zero-order valence-electron chi connectivity index (χ0n) is 12.7. The maximum atomic E-state index is 12.4. The van der Waals surface area contributed by atoms with Gasteiger partial charge in [0.05, 0.1) is 6.54 Å². The van der Waals surface area contributed by atoms with E-state index >= 15 is 0 Å². The van der Waals surface area contributed by atoms with E-state index in [1.54, 1.807) is 17.4 Å². The summed E-state index contributed by atoms with van der Waals surface area (Å²) in [6.07, 6.45) is 5.31. The summed E-state index contributed by atoms with van der Waals surface area (Å²) in [5, 5.41) is 9.92. The molecule has 0 N–H and O–H groups in total. The second-order valence-corrected chi connectivity index (χ2v) is 6.78. The van der Waals surface area contributed by atoms with Crippen molar-refractivity contribution in [2.75, 3.05) is 0 Å². The molecular weight excluding hydrogens is 298 g/mol. The highest BCUT2D eigenvalue weighted by atomic mass is 32.1. The highest BCUT2D eigenvalue weighted by molar-refractivity contribution is 7.09. The molecule has 1 saturated carbocycles. The van der Waals surface area contributed by atoms with Crippen LogP contribution in [0.4, 0.5) is 0 Å². The number of carbonyl (C=O) groups excluding carboxylic acids is 1. The third-order valence-corrected chi connectivity index (χ3v) is 4.36. The maximum Gasteiger partial charge on any atom is 0.247 e. The predicted octanol–water partition coefficient (Wildman–Crippen LogP) is 3.46. The zero-order chi connectivity index (χ0) is 15.5. The Bertz CT molecular complexity index is 657. The molecule has 3 rings (SSSR count). The van der Waals surface area contributed by atoms with Crippen molar-refractivity contribution in [1.29, 1.82) is 0 Å². The SMILES string of the molecule is CC(C)c1nnc(C=CC(=O)N(Cc2cccs2)C2CC2)o1. The zero-order valence-corrected chi connectivity index (χ0v) is 13.5. The van der Waals surface area contributed by atoms with Crippen LogP contribution in [-0.4, -0.2) is 27.0 Å². The first-order valence-electron chi connectivity index (χ1n) is 7.48. The summed E-state index contributed by atoms with van der Waals surface area (Å²) in [5.74, 6) is 1.15. The molecular formula is C16H19N3O2S. The van der Waals surface area contributed by atoms with E-state index in [1.807, 2.05) is 30.2 Å². The number of hydrogen-bond acceptors (Lipinski definition) is 5. The Balaban J connectivity index is 1.66. The highest BCUT2D eigenvalue weighted by Crippen LogP contribution is 2.29. The van der Waals surface area contributed by atoms with Gasteiger partial charge < -0.3 is 9.32 Å². The van der Waals surface area contributed by atoms with Crippen molar-refractivity contribution < 1.29 is 9.21 Å². The first-order valence-corrected chi connectivity index (χ1v) is 8.36. The molecule has 0 spiro atoms. The fraction of sp³-hybridized carbons (Fsp3) is 0.438. The van der Waals surface area contributed by atoms with Crippen LogP contribution in [0.15, 0.2) is 28.0 Å². The summed E-state index contributed by atoms with van der Waals surface area (Å²) in [6.45, 7) is 4.65. The number of nitrogens with zero attached hydrogens (tertiary/aromatic N) is 3. The number of thiophene rings is 1. The van der Waals surface area contributed by atoms with Gasteiger partial charge in [0.2, 0.25) is 17.7 Å². The molecule has 22 heavy (non-hydrogen) atoms. The van der Waals surface area contributed by atoms with E-state index in [1.165, 1.54) is 11.0 Å². The minimum atomic E-state index is 0.000182. The Kier molecular flexibility index (Phi) is 4.38. The molecule has 2 aromatic rings. The predicted molar refractivity (Wildman–Crippen MR) is 85.3 cm³/mol. The van der Waals surface area contributed by atoms with Crippen molar-refractivity contribution in [1.82, 2.24) is 15.1 Å². The number of rotatable bonds is 6. The number of hydrogen-bond donors (Lipinski definition) is 0. The lowest BCUT2D eigenvalue weighted by Gasteiger charge is -2.19. The van der Waals surface area contributed by atoms with Gasteiger partial charge in [-0.2, -0.15) is 0 Å². The summed E-state index contributed by atoms with van der Waals surface area (Å²) >= 11 is 1.68. The summed E-state index contributed by atoms with van der Waals surface area (Å²) < 4.78 is 5.48. The molecule has 0 unspecified atom stereocenters. The molecule has 1 amide bonds. The van der Waals surface area contributed by atoms with Crippen LogP contribution in [0.1, 0.15) is 49.3 Å². The first kappa shape index (κ1) is 15.0. The third kappa shape index (κ3) is 3.62. The van der Waals surface area contributed by atoms with Gasteiger partial charge in [-0.1, -0.05) is 19.9 Å². The molecule has 1 fully saturated rings. The van der Waals surface area contributed by atoms with Crippen molar-refractivity contribution in [3.8, 4) is 0 Å². The first-order chi connectivity index (χ1) is 10.6. The highest BCUT2D eigenvalue weighted by Gasteiger charge is 2.31. The third-order valence-electron chi connectivity index (χ3n) is 3.50. The van der Waals surface area contributed by atoms with E-state index in [9.17, 15) is 4.79 Å². The van der Waals surface area contributed by atoms with Crippen molar-refractivity contribution >= 4 is 23.3 Å². The fourth-order valence-electron chi connectivity index (χ4n) is 2.13. The van der Waals surface area contributed by atoms with Crippen LogP contribution in [0.3, 0.4) is 0 Å². The van der Waals surface area contributed by atoms with Crippen LogP contribution >= 0.6 is 11.3 Å². The van der Waals surface area contributed by atoms with Gasteiger partial charge in [0.15, 0.2) is 0 Å². The molecule has 0 aromatic carbocycles. The smallest absolute Gasteiger partial charge is 0.247 e. The van der Waals surface area contributed by atoms with Gasteiger partial charge in [0, 0.05) is 29.0 Å². The van der Waals surface area contributed by atoms with E-state index in [4.69, 9.17) is 4.42 Å². The fourth-order valence-corrected chi connectivity index (χ4v) is 2.83. The number of amides is 1. The minimum absolute atomic E-state index is 0.000182. The van der Waals surface area contributed by atoms with Gasteiger partial charge in [-0.05, 0) is 24.3 Å². The average Bonchev–Trinajstić information content (AvgIpc) is 3.02. The van der Waals surface area contributed by atoms with Crippen LogP contribution in [0.5, 0.6) is 0 Å². The van der Waals surface area contributed by atoms with Gasteiger partial charge in [0.25, 0.3) is 0 Å². The van der Waals surface area contributed by atoms with Gasteiger partial charge in [-0.25, -0.2) is 0 Å². The van der Waals surface area contributed by atoms with E-state index in [2.05, 4.69) is 16.3 Å². The minimum Gasteiger partial charge on any atom is -0.421 e. The lowest BCUT2D eigenvalue weighted by atomic mass is 10.2. The molecule has 0 bridgehead atoms. The molecule has 0 radical (unpaired) electrons. The van der Waals surface area contributed by atoms with Gasteiger partial charge in [-0.3, -0.25) is 4.79 Å². The van der Waals surface area contributed by atoms with E-state index < -0.39 is 0 Å². The van der Waals surface area contributed by atoms with Gasteiger partial charge in [-0.15, -0.1) is 21.5 Å². The second kappa shape index (κ2) is 6.44. The van der Waals surface area contributed by atoms with Gasteiger partial charge >= 0.3 is 0 Å². The molecule has 1 aliphatic rings. The summed E-state index contributed by atoms with van der Waals surface area (Å²) in [4.78, 5) is 15.5. The molecule has 0 atom stereocenters. The van der Waals surface area contributed by atoms with Crippen molar-refractivity contribution in [2.24, 2.45) is 0 Å². The van der Waals surface area contributed by atoms with Crippen molar-refractivity contribution in [2.45, 2.75) is 45.2 Å². The van der Waals surface area contributed by atoms with E-state index in [-0.39, 0.29) is 11.8 Å². The summed E-state index contributed by atoms with van der Waals surface area (Å²) in [7, 11) is 0. The maximum absolute atomic E-state index is 12.4. The molecule has 2 heterocycles. The van der Waals surface area contributed by atoms with Crippen LogP contribution in [-0.2, 0) is 11.3 Å². The average molecular weight is 317 g/mol. The van der Waals surface area contributed by atoms with Crippen molar-refractivity contribution in [3.05, 3.63) is 40.2 Å². The van der Waals surface area contributed by atoms with E-state index in [0.717, 1.165) is 12.8 Å². The topological polar surface area (TPSA) is 59.2 Å². The second-order valence-electron chi connectivity index (χ2n) is 5.74. The van der Waals surface area contributed by atoms with Gasteiger partial charge in [0.1, 0.15) is 0 Å². The molecule has 5 nitrogen and oxygen atoms in total. The molecule has 116 valence electrons. The van der Waals surface area contributed by atoms with Crippen molar-refractivity contribution in [3.63, 3.8) is 0 Å². The monoisotopic (exact) mass is 317 g/mol. The summed E-state index contributed by atoms with van der Waals surface area (Å²) in [5.41, 5.74) is 0. The van der Waals surface area contributed by atoms with Crippen LogP contribution in [0.25, 0.3) is 6.08 Å². The van der Waals surface area contributed by atoms with Crippen LogP contribution < -0.4 is 0 Å². The lowest BCUT2D eigenvalue weighted by molar-refractivity contribution is -0.127.